The molecule has 1 N–H and O–H groups in total. The minimum Gasteiger partial charge on any atom is -0.478 e. The van der Waals surface area contributed by atoms with Gasteiger partial charge in [-0.25, -0.2) is 0 Å². The molecule has 0 unspecified atom stereocenters. The minimum atomic E-state index is 0.0747. The third-order valence-corrected chi connectivity index (χ3v) is 3.16. The summed E-state index contributed by atoms with van der Waals surface area (Å²) in [5, 5.41) is 12.1. The minimum absolute atomic E-state index is 0.0747. The normalized spacial score (nSPS) is 11.6. The predicted molar refractivity (Wildman–Crippen MR) is 79.2 cm³/mol. The van der Waals surface area contributed by atoms with Crippen molar-refractivity contribution in [3.8, 4) is 11.8 Å². The second-order valence-electron chi connectivity index (χ2n) is 4.57. The van der Waals surface area contributed by atoms with Crippen molar-refractivity contribution in [3.63, 3.8) is 0 Å². The molecule has 3 heteroatoms. The fourth-order valence-electron chi connectivity index (χ4n) is 2.02. The van der Waals surface area contributed by atoms with Crippen molar-refractivity contribution in [2.45, 2.75) is 19.5 Å². The molecule has 2 aromatic rings. The van der Waals surface area contributed by atoms with Crippen LogP contribution in [0.15, 0.2) is 54.6 Å². The van der Waals surface area contributed by atoms with Crippen molar-refractivity contribution in [1.82, 2.24) is 5.32 Å². The third-order valence-electron chi connectivity index (χ3n) is 3.16. The van der Waals surface area contributed by atoms with Crippen LogP contribution < -0.4 is 10.1 Å². The fraction of sp³-hybridized carbons (Fsp3) is 0.235. The molecule has 0 fully saturated rings. The Labute approximate surface area is 119 Å². The number of para-hydroxylation sites is 1. The Kier molecular flexibility index (Phi) is 5.16. The van der Waals surface area contributed by atoms with Crippen LogP contribution in [0.25, 0.3) is 0 Å². The Bertz CT molecular complexity index is 575. The average molecular weight is 266 g/mol. The van der Waals surface area contributed by atoms with E-state index in [1.807, 2.05) is 48.5 Å². The lowest BCUT2D eigenvalue weighted by Gasteiger charge is -2.16. The van der Waals surface area contributed by atoms with Crippen molar-refractivity contribution < 1.29 is 4.74 Å². The van der Waals surface area contributed by atoms with Crippen molar-refractivity contribution >= 4 is 0 Å². The molecule has 0 aromatic heterocycles. The molecular formula is C17H18N2O. The van der Waals surface area contributed by atoms with Gasteiger partial charge in [-0.3, -0.25) is 0 Å². The molecule has 0 saturated carbocycles. The number of ether oxygens (including phenoxy) is 1. The van der Waals surface area contributed by atoms with Gasteiger partial charge in [0.1, 0.15) is 11.8 Å². The lowest BCUT2D eigenvalue weighted by atomic mass is 10.1. The van der Waals surface area contributed by atoms with Crippen molar-refractivity contribution in [3.05, 3.63) is 65.7 Å². The Morgan fingerprint density at radius 1 is 1.10 bits per heavy atom. The first-order valence-corrected chi connectivity index (χ1v) is 6.67. The molecule has 0 saturated heterocycles. The van der Waals surface area contributed by atoms with Crippen LogP contribution in [0.3, 0.4) is 0 Å². The SMILES string of the molecule is C[C@H](NCc1ccccc1OCC#N)c1ccccc1. The summed E-state index contributed by atoms with van der Waals surface area (Å²) >= 11 is 0. The van der Waals surface area contributed by atoms with Crippen molar-refractivity contribution in [1.29, 1.82) is 5.26 Å². The summed E-state index contributed by atoms with van der Waals surface area (Å²) in [5.41, 5.74) is 2.31. The summed E-state index contributed by atoms with van der Waals surface area (Å²) in [5.74, 6) is 0.766. The van der Waals surface area contributed by atoms with Gasteiger partial charge < -0.3 is 10.1 Å². The van der Waals surface area contributed by atoms with Gasteiger partial charge in [0.25, 0.3) is 0 Å². The molecule has 0 aliphatic rings. The van der Waals surface area contributed by atoms with E-state index >= 15 is 0 Å². The van der Waals surface area contributed by atoms with Gasteiger partial charge in [0.2, 0.25) is 0 Å². The average Bonchev–Trinajstić information content (AvgIpc) is 2.52. The van der Waals surface area contributed by atoms with Crippen LogP contribution in [-0.4, -0.2) is 6.61 Å². The van der Waals surface area contributed by atoms with E-state index in [4.69, 9.17) is 10.00 Å². The Morgan fingerprint density at radius 2 is 1.80 bits per heavy atom. The monoisotopic (exact) mass is 266 g/mol. The summed E-state index contributed by atoms with van der Waals surface area (Å²) in [6.07, 6.45) is 0. The number of nitriles is 1. The summed E-state index contributed by atoms with van der Waals surface area (Å²) in [4.78, 5) is 0. The predicted octanol–water partition coefficient (Wildman–Crippen LogP) is 3.44. The number of hydrogen-bond acceptors (Lipinski definition) is 3. The highest BCUT2D eigenvalue weighted by molar-refractivity contribution is 5.33. The molecule has 102 valence electrons. The van der Waals surface area contributed by atoms with Crippen LogP contribution in [0.5, 0.6) is 5.75 Å². The maximum atomic E-state index is 8.59. The van der Waals surface area contributed by atoms with E-state index < -0.39 is 0 Å². The molecule has 20 heavy (non-hydrogen) atoms. The van der Waals surface area contributed by atoms with E-state index in [2.05, 4.69) is 24.4 Å². The number of nitrogens with zero attached hydrogens (tertiary/aromatic N) is 1. The Morgan fingerprint density at radius 3 is 2.55 bits per heavy atom. The third kappa shape index (κ3) is 3.84. The van der Waals surface area contributed by atoms with Gasteiger partial charge in [0.05, 0.1) is 0 Å². The van der Waals surface area contributed by atoms with Crippen LogP contribution >= 0.6 is 0 Å². The van der Waals surface area contributed by atoms with Gasteiger partial charge in [0, 0.05) is 18.2 Å². The highest BCUT2D eigenvalue weighted by Crippen LogP contribution is 2.19. The van der Waals surface area contributed by atoms with E-state index in [0.29, 0.717) is 6.54 Å². The number of hydrogen-bond donors (Lipinski definition) is 1. The zero-order valence-electron chi connectivity index (χ0n) is 11.5. The fourth-order valence-corrected chi connectivity index (χ4v) is 2.02. The van der Waals surface area contributed by atoms with Gasteiger partial charge in [-0.1, -0.05) is 48.5 Å². The van der Waals surface area contributed by atoms with Gasteiger partial charge in [-0.05, 0) is 18.6 Å². The van der Waals surface area contributed by atoms with Gasteiger partial charge >= 0.3 is 0 Å². The summed E-state index contributed by atoms with van der Waals surface area (Å²) in [7, 11) is 0. The molecule has 3 nitrogen and oxygen atoms in total. The largest absolute Gasteiger partial charge is 0.478 e. The first kappa shape index (κ1) is 14.1. The molecule has 1 atom stereocenters. The Hall–Kier alpha value is -2.31. The number of rotatable bonds is 6. The van der Waals surface area contributed by atoms with E-state index in [1.165, 1.54) is 5.56 Å². The molecule has 2 rings (SSSR count). The van der Waals surface area contributed by atoms with Crippen molar-refractivity contribution in [2.75, 3.05) is 6.61 Å². The molecule has 0 heterocycles. The molecule has 0 radical (unpaired) electrons. The summed E-state index contributed by atoms with van der Waals surface area (Å²) in [6, 6.07) is 20.4. The lowest BCUT2D eigenvalue weighted by Crippen LogP contribution is -2.18. The molecule has 0 spiro atoms. The van der Waals surface area contributed by atoms with Crippen molar-refractivity contribution in [2.24, 2.45) is 0 Å². The number of benzene rings is 2. The quantitative estimate of drug-likeness (QED) is 0.871. The van der Waals surface area contributed by atoms with Crippen LogP contribution in [0.2, 0.25) is 0 Å². The second-order valence-corrected chi connectivity index (χ2v) is 4.57. The number of nitrogens with one attached hydrogen (secondary N) is 1. The molecule has 0 aliphatic heterocycles. The second kappa shape index (κ2) is 7.32. The van der Waals surface area contributed by atoms with Crippen LogP contribution in [0.1, 0.15) is 24.1 Å². The van der Waals surface area contributed by atoms with E-state index in [0.717, 1.165) is 11.3 Å². The van der Waals surface area contributed by atoms with E-state index in [-0.39, 0.29) is 12.6 Å². The van der Waals surface area contributed by atoms with Gasteiger partial charge in [-0.15, -0.1) is 0 Å². The van der Waals surface area contributed by atoms with Crippen LogP contribution in [-0.2, 0) is 6.54 Å². The maximum Gasteiger partial charge on any atom is 0.174 e. The van der Waals surface area contributed by atoms with E-state index in [1.54, 1.807) is 0 Å². The smallest absolute Gasteiger partial charge is 0.174 e. The molecule has 0 amide bonds. The highest BCUT2D eigenvalue weighted by atomic mass is 16.5. The molecular weight excluding hydrogens is 248 g/mol. The van der Waals surface area contributed by atoms with E-state index in [9.17, 15) is 0 Å². The summed E-state index contributed by atoms with van der Waals surface area (Å²) < 4.78 is 5.42. The molecule has 0 bridgehead atoms. The standard InChI is InChI=1S/C17H18N2O/c1-14(15-7-3-2-4-8-15)19-13-16-9-5-6-10-17(16)20-12-11-18/h2-10,14,19H,12-13H2,1H3/t14-/m0/s1. The lowest BCUT2D eigenvalue weighted by molar-refractivity contribution is 0.361. The Balaban J connectivity index is 1.99. The zero-order valence-corrected chi connectivity index (χ0v) is 11.5. The first-order valence-electron chi connectivity index (χ1n) is 6.67. The van der Waals surface area contributed by atoms with Crippen LogP contribution in [0.4, 0.5) is 0 Å². The summed E-state index contributed by atoms with van der Waals surface area (Å²) in [6.45, 7) is 2.91. The maximum absolute atomic E-state index is 8.59. The molecule has 0 aliphatic carbocycles. The van der Waals surface area contributed by atoms with Crippen LogP contribution in [0, 0.1) is 11.3 Å². The molecule has 2 aromatic carbocycles. The van der Waals surface area contributed by atoms with Gasteiger partial charge in [0.15, 0.2) is 6.61 Å². The highest BCUT2D eigenvalue weighted by Gasteiger charge is 2.07. The van der Waals surface area contributed by atoms with Gasteiger partial charge in [-0.2, -0.15) is 5.26 Å². The zero-order chi connectivity index (χ0) is 14.2. The topological polar surface area (TPSA) is 45.0 Å². The first-order chi connectivity index (χ1) is 9.81.